The Labute approximate surface area is 131 Å². The zero-order valence-corrected chi connectivity index (χ0v) is 13.2. The number of rotatable bonds is 7. The van der Waals surface area contributed by atoms with Crippen LogP contribution in [0.25, 0.3) is 0 Å². The third-order valence-electron chi connectivity index (χ3n) is 4.30. The minimum absolute atomic E-state index is 0.762. The van der Waals surface area contributed by atoms with E-state index >= 15 is 0 Å². The number of aromatic nitrogens is 4. The standard InChI is InChI=1S/C16H24N6/c1-20(9-5-10-22-14-17-18-19-22)12-15-8-11-21(13-15)16-6-3-2-4-7-16/h2-4,6-7,14-15H,5,8-13H2,1H3/t15-/m0/s1. The smallest absolute Gasteiger partial charge is 0.138 e. The molecule has 0 spiro atoms. The zero-order chi connectivity index (χ0) is 15.2. The molecule has 118 valence electrons. The van der Waals surface area contributed by atoms with Crippen molar-refractivity contribution in [1.82, 2.24) is 25.1 Å². The topological polar surface area (TPSA) is 50.1 Å². The van der Waals surface area contributed by atoms with Gasteiger partial charge in [-0.2, -0.15) is 0 Å². The van der Waals surface area contributed by atoms with Crippen LogP contribution in [0.5, 0.6) is 0 Å². The summed E-state index contributed by atoms with van der Waals surface area (Å²) >= 11 is 0. The number of anilines is 1. The van der Waals surface area contributed by atoms with Gasteiger partial charge in [0.25, 0.3) is 0 Å². The first-order valence-corrected chi connectivity index (χ1v) is 8.00. The number of tetrazole rings is 1. The van der Waals surface area contributed by atoms with Crippen molar-refractivity contribution in [2.75, 3.05) is 38.1 Å². The fourth-order valence-corrected chi connectivity index (χ4v) is 3.17. The second-order valence-corrected chi connectivity index (χ2v) is 6.12. The van der Waals surface area contributed by atoms with Gasteiger partial charge >= 0.3 is 0 Å². The normalized spacial score (nSPS) is 18.3. The lowest BCUT2D eigenvalue weighted by atomic mass is 10.1. The van der Waals surface area contributed by atoms with Gasteiger partial charge in [-0.3, -0.25) is 0 Å². The predicted molar refractivity (Wildman–Crippen MR) is 86.7 cm³/mol. The number of aryl methyl sites for hydroxylation is 1. The van der Waals surface area contributed by atoms with Gasteiger partial charge in [0, 0.05) is 31.9 Å². The fraction of sp³-hybridized carbons (Fsp3) is 0.562. The third kappa shape index (κ3) is 4.04. The van der Waals surface area contributed by atoms with E-state index in [-0.39, 0.29) is 0 Å². The highest BCUT2D eigenvalue weighted by Crippen LogP contribution is 2.23. The van der Waals surface area contributed by atoms with Crippen molar-refractivity contribution in [2.45, 2.75) is 19.4 Å². The Morgan fingerprint density at radius 1 is 1.27 bits per heavy atom. The minimum atomic E-state index is 0.762. The van der Waals surface area contributed by atoms with Gasteiger partial charge in [-0.05, 0) is 54.9 Å². The SMILES string of the molecule is CN(CCCn1cnnn1)C[C@@H]1CCN(c2ccccc2)C1. The zero-order valence-electron chi connectivity index (χ0n) is 13.2. The van der Waals surface area contributed by atoms with Gasteiger partial charge in [0.05, 0.1) is 0 Å². The second kappa shape index (κ2) is 7.35. The van der Waals surface area contributed by atoms with Gasteiger partial charge in [-0.25, -0.2) is 4.68 Å². The molecule has 0 saturated carbocycles. The molecule has 1 saturated heterocycles. The van der Waals surface area contributed by atoms with Crippen LogP contribution in [0.15, 0.2) is 36.7 Å². The van der Waals surface area contributed by atoms with Crippen molar-refractivity contribution in [2.24, 2.45) is 5.92 Å². The Kier molecular flexibility index (Phi) is 5.00. The van der Waals surface area contributed by atoms with E-state index in [9.17, 15) is 0 Å². The van der Waals surface area contributed by atoms with Crippen LogP contribution in [0, 0.1) is 5.92 Å². The molecule has 2 heterocycles. The lowest BCUT2D eigenvalue weighted by Gasteiger charge is -2.22. The second-order valence-electron chi connectivity index (χ2n) is 6.12. The van der Waals surface area contributed by atoms with Crippen LogP contribution < -0.4 is 4.90 Å². The van der Waals surface area contributed by atoms with E-state index in [0.717, 1.165) is 25.4 Å². The van der Waals surface area contributed by atoms with Crippen LogP contribution in [0.1, 0.15) is 12.8 Å². The summed E-state index contributed by atoms with van der Waals surface area (Å²) in [5.41, 5.74) is 1.35. The average Bonchev–Trinajstić information content (AvgIpc) is 3.20. The van der Waals surface area contributed by atoms with Gasteiger partial charge in [0.1, 0.15) is 6.33 Å². The van der Waals surface area contributed by atoms with E-state index in [1.54, 1.807) is 11.0 Å². The van der Waals surface area contributed by atoms with Crippen molar-refractivity contribution < 1.29 is 0 Å². The molecular weight excluding hydrogens is 276 g/mol. The summed E-state index contributed by atoms with van der Waals surface area (Å²) in [5, 5.41) is 11.2. The van der Waals surface area contributed by atoms with Crippen molar-refractivity contribution in [3.63, 3.8) is 0 Å². The maximum atomic E-state index is 3.89. The van der Waals surface area contributed by atoms with Crippen LogP contribution >= 0.6 is 0 Å². The van der Waals surface area contributed by atoms with E-state index in [2.05, 4.69) is 62.7 Å². The molecule has 22 heavy (non-hydrogen) atoms. The molecule has 0 unspecified atom stereocenters. The summed E-state index contributed by atoms with van der Waals surface area (Å²) in [6.45, 7) is 5.48. The van der Waals surface area contributed by atoms with Gasteiger partial charge in [-0.15, -0.1) is 5.10 Å². The molecule has 0 amide bonds. The molecule has 1 aromatic carbocycles. The van der Waals surface area contributed by atoms with E-state index in [1.165, 1.54) is 31.7 Å². The molecule has 1 aliphatic heterocycles. The minimum Gasteiger partial charge on any atom is -0.371 e. The molecule has 0 aliphatic carbocycles. The molecule has 6 nitrogen and oxygen atoms in total. The monoisotopic (exact) mass is 300 g/mol. The Bertz CT molecular complexity index is 541. The van der Waals surface area contributed by atoms with Crippen molar-refractivity contribution in [3.05, 3.63) is 36.7 Å². The lowest BCUT2D eigenvalue weighted by molar-refractivity contribution is 0.276. The summed E-state index contributed by atoms with van der Waals surface area (Å²) in [6, 6.07) is 10.7. The van der Waals surface area contributed by atoms with Crippen LogP contribution in [0.2, 0.25) is 0 Å². The molecule has 1 aromatic heterocycles. The van der Waals surface area contributed by atoms with Crippen molar-refractivity contribution in [1.29, 1.82) is 0 Å². The van der Waals surface area contributed by atoms with E-state index in [1.807, 2.05) is 0 Å². The first-order chi connectivity index (χ1) is 10.8. The van der Waals surface area contributed by atoms with Crippen molar-refractivity contribution >= 4 is 5.69 Å². The van der Waals surface area contributed by atoms with E-state index < -0.39 is 0 Å². The molecule has 2 aromatic rings. The predicted octanol–water partition coefficient (Wildman–Crippen LogP) is 1.52. The van der Waals surface area contributed by atoms with Gasteiger partial charge in [0.2, 0.25) is 0 Å². The highest BCUT2D eigenvalue weighted by atomic mass is 15.5. The lowest BCUT2D eigenvalue weighted by Crippen LogP contribution is -2.29. The maximum absolute atomic E-state index is 3.89. The number of benzene rings is 1. The van der Waals surface area contributed by atoms with Gasteiger partial charge in [0.15, 0.2) is 0 Å². The van der Waals surface area contributed by atoms with E-state index in [4.69, 9.17) is 0 Å². The first kappa shape index (κ1) is 15.0. The average molecular weight is 300 g/mol. The molecule has 1 aliphatic rings. The van der Waals surface area contributed by atoms with Crippen LogP contribution in [-0.4, -0.2) is 58.3 Å². The highest BCUT2D eigenvalue weighted by Gasteiger charge is 2.23. The number of hydrogen-bond donors (Lipinski definition) is 0. The van der Waals surface area contributed by atoms with Crippen LogP contribution in [0.4, 0.5) is 5.69 Å². The summed E-state index contributed by atoms with van der Waals surface area (Å²) in [7, 11) is 2.21. The van der Waals surface area contributed by atoms with Crippen molar-refractivity contribution in [3.8, 4) is 0 Å². The molecular formula is C16H24N6. The molecule has 0 N–H and O–H groups in total. The van der Waals surface area contributed by atoms with Crippen LogP contribution in [0.3, 0.4) is 0 Å². The largest absolute Gasteiger partial charge is 0.371 e. The third-order valence-corrected chi connectivity index (χ3v) is 4.30. The van der Waals surface area contributed by atoms with Crippen LogP contribution in [-0.2, 0) is 6.54 Å². The molecule has 0 bridgehead atoms. The number of nitrogens with zero attached hydrogens (tertiary/aromatic N) is 6. The Hall–Kier alpha value is -1.95. The fourth-order valence-electron chi connectivity index (χ4n) is 3.17. The summed E-state index contributed by atoms with van der Waals surface area (Å²) in [6.07, 6.45) is 4.04. The van der Waals surface area contributed by atoms with E-state index in [0.29, 0.717) is 0 Å². The molecule has 1 atom stereocenters. The highest BCUT2D eigenvalue weighted by molar-refractivity contribution is 5.46. The summed E-state index contributed by atoms with van der Waals surface area (Å²) < 4.78 is 1.79. The molecule has 3 rings (SSSR count). The van der Waals surface area contributed by atoms with Gasteiger partial charge < -0.3 is 9.80 Å². The van der Waals surface area contributed by atoms with Gasteiger partial charge in [-0.1, -0.05) is 18.2 Å². The Morgan fingerprint density at radius 2 is 2.14 bits per heavy atom. The quantitative estimate of drug-likeness (QED) is 0.776. The molecule has 0 radical (unpaired) electrons. The number of para-hydroxylation sites is 1. The summed E-state index contributed by atoms with van der Waals surface area (Å²) in [5.74, 6) is 0.762. The maximum Gasteiger partial charge on any atom is 0.138 e. The summed E-state index contributed by atoms with van der Waals surface area (Å²) in [4.78, 5) is 4.93. The number of hydrogen-bond acceptors (Lipinski definition) is 5. The molecule has 6 heteroatoms. The molecule has 1 fully saturated rings. The Morgan fingerprint density at radius 3 is 2.91 bits per heavy atom. The first-order valence-electron chi connectivity index (χ1n) is 8.00. The Balaban J connectivity index is 1.38.